The van der Waals surface area contributed by atoms with E-state index < -0.39 is 5.54 Å². The van der Waals surface area contributed by atoms with Gasteiger partial charge in [0.2, 0.25) is 5.91 Å². The third-order valence-corrected chi connectivity index (χ3v) is 3.87. The van der Waals surface area contributed by atoms with E-state index in [1.54, 1.807) is 0 Å². The quantitative estimate of drug-likeness (QED) is 0.754. The molecule has 1 aliphatic heterocycles. The van der Waals surface area contributed by atoms with Crippen molar-refractivity contribution < 1.29 is 4.79 Å². The van der Waals surface area contributed by atoms with Gasteiger partial charge in [0.05, 0.1) is 5.54 Å². The van der Waals surface area contributed by atoms with Crippen LogP contribution >= 0.6 is 0 Å². The number of carbonyl (C=O) groups excluding carboxylic acids is 1. The van der Waals surface area contributed by atoms with Crippen LogP contribution in [0.1, 0.15) is 34.1 Å². The average Bonchev–Trinajstić information content (AvgIpc) is 2.24. The normalized spacial score (nSPS) is 31.2. The molecule has 0 aromatic heterocycles. The van der Waals surface area contributed by atoms with Crippen molar-refractivity contribution in [1.29, 1.82) is 0 Å². The molecule has 1 rings (SSSR count). The highest BCUT2D eigenvalue weighted by Gasteiger charge is 2.36. The van der Waals surface area contributed by atoms with Crippen molar-refractivity contribution in [3.63, 3.8) is 0 Å². The lowest BCUT2D eigenvalue weighted by Gasteiger charge is -2.44. The summed E-state index contributed by atoms with van der Waals surface area (Å²) in [5.74, 6) is 0.0850. The second-order valence-electron chi connectivity index (χ2n) is 5.34. The van der Waals surface area contributed by atoms with Gasteiger partial charge in [-0.05, 0) is 34.2 Å². The summed E-state index contributed by atoms with van der Waals surface area (Å²) in [6.45, 7) is 9.65. The molecule has 0 bridgehead atoms. The maximum Gasteiger partial charge on any atom is 0.242 e. The first-order chi connectivity index (χ1) is 7.29. The van der Waals surface area contributed by atoms with Crippen molar-refractivity contribution in [3.8, 4) is 0 Å². The summed E-state index contributed by atoms with van der Waals surface area (Å²) in [6, 6.07) is 0.806. The summed E-state index contributed by atoms with van der Waals surface area (Å²) in [4.78, 5) is 16.5. The average molecular weight is 227 g/mol. The number of hydrogen-bond donors (Lipinski definition) is 1. The summed E-state index contributed by atoms with van der Waals surface area (Å²) in [7, 11) is 2.11. The first-order valence-electron chi connectivity index (χ1n) is 6.09. The van der Waals surface area contributed by atoms with Crippen molar-refractivity contribution in [2.45, 2.75) is 51.7 Å². The number of rotatable bonds is 2. The van der Waals surface area contributed by atoms with Crippen molar-refractivity contribution >= 4 is 5.91 Å². The molecule has 94 valence electrons. The van der Waals surface area contributed by atoms with E-state index in [1.165, 1.54) is 0 Å². The molecule has 4 nitrogen and oxygen atoms in total. The number of amides is 1. The SMILES string of the molecule is CCC(C)(N)C(=O)N1CC(C)N(C)C(C)C1. The number of nitrogens with zero attached hydrogens (tertiary/aromatic N) is 2. The molecule has 0 aliphatic carbocycles. The van der Waals surface area contributed by atoms with E-state index in [9.17, 15) is 4.79 Å². The lowest BCUT2D eigenvalue weighted by atomic mass is 9.97. The molecule has 1 heterocycles. The number of nitrogens with two attached hydrogens (primary N) is 1. The van der Waals surface area contributed by atoms with E-state index in [0.717, 1.165) is 13.1 Å². The van der Waals surface area contributed by atoms with Crippen LogP contribution in [0.15, 0.2) is 0 Å². The minimum atomic E-state index is -0.713. The standard InChI is InChI=1S/C12H25N3O/c1-6-12(4,13)11(16)15-7-9(2)14(5)10(3)8-15/h9-10H,6-8,13H2,1-5H3. The van der Waals surface area contributed by atoms with Crippen LogP contribution in [0.25, 0.3) is 0 Å². The van der Waals surface area contributed by atoms with E-state index in [4.69, 9.17) is 5.73 Å². The molecule has 3 unspecified atom stereocenters. The van der Waals surface area contributed by atoms with Crippen LogP contribution in [0.4, 0.5) is 0 Å². The molecule has 2 N–H and O–H groups in total. The fraction of sp³-hybridized carbons (Fsp3) is 0.917. The molecule has 0 radical (unpaired) electrons. The van der Waals surface area contributed by atoms with Gasteiger partial charge in [0.25, 0.3) is 0 Å². The maximum absolute atomic E-state index is 12.2. The Hall–Kier alpha value is -0.610. The van der Waals surface area contributed by atoms with Crippen LogP contribution < -0.4 is 5.73 Å². The number of piperazine rings is 1. The molecule has 0 aromatic carbocycles. The maximum atomic E-state index is 12.2. The van der Waals surface area contributed by atoms with Crippen molar-refractivity contribution in [2.75, 3.05) is 20.1 Å². The first-order valence-corrected chi connectivity index (χ1v) is 6.09. The van der Waals surface area contributed by atoms with E-state index >= 15 is 0 Å². The third kappa shape index (κ3) is 2.55. The molecule has 1 saturated heterocycles. The van der Waals surface area contributed by atoms with Gasteiger partial charge in [-0.3, -0.25) is 9.69 Å². The van der Waals surface area contributed by atoms with Gasteiger partial charge in [-0.25, -0.2) is 0 Å². The van der Waals surface area contributed by atoms with E-state index in [0.29, 0.717) is 18.5 Å². The first kappa shape index (κ1) is 13.5. The Morgan fingerprint density at radius 3 is 2.19 bits per heavy atom. The van der Waals surface area contributed by atoms with Crippen LogP contribution in [0, 0.1) is 0 Å². The highest BCUT2D eigenvalue weighted by Crippen LogP contribution is 2.17. The molecule has 3 atom stereocenters. The van der Waals surface area contributed by atoms with Crippen LogP contribution in [0.3, 0.4) is 0 Å². The monoisotopic (exact) mass is 227 g/mol. The van der Waals surface area contributed by atoms with E-state index in [2.05, 4.69) is 25.8 Å². The molecule has 0 saturated carbocycles. The topological polar surface area (TPSA) is 49.6 Å². The zero-order chi connectivity index (χ0) is 12.5. The zero-order valence-corrected chi connectivity index (χ0v) is 11.2. The van der Waals surface area contributed by atoms with E-state index in [-0.39, 0.29) is 5.91 Å². The fourth-order valence-electron chi connectivity index (χ4n) is 2.08. The van der Waals surface area contributed by atoms with Gasteiger partial charge >= 0.3 is 0 Å². The van der Waals surface area contributed by atoms with Crippen LogP contribution in [0.5, 0.6) is 0 Å². The summed E-state index contributed by atoms with van der Waals surface area (Å²) >= 11 is 0. The van der Waals surface area contributed by atoms with Gasteiger partial charge in [-0.2, -0.15) is 0 Å². The minimum Gasteiger partial charge on any atom is -0.338 e. The molecule has 0 spiro atoms. The van der Waals surface area contributed by atoms with Gasteiger partial charge in [-0.15, -0.1) is 0 Å². The molecular weight excluding hydrogens is 202 g/mol. The lowest BCUT2D eigenvalue weighted by molar-refractivity contribution is -0.140. The van der Waals surface area contributed by atoms with Gasteiger partial charge in [0, 0.05) is 25.2 Å². The highest BCUT2D eigenvalue weighted by molar-refractivity contribution is 5.85. The molecule has 1 amide bonds. The smallest absolute Gasteiger partial charge is 0.242 e. The van der Waals surface area contributed by atoms with Crippen LogP contribution in [-0.2, 0) is 4.79 Å². The summed E-state index contributed by atoms with van der Waals surface area (Å²) in [5.41, 5.74) is 5.30. The molecule has 0 aromatic rings. The van der Waals surface area contributed by atoms with Gasteiger partial charge in [0.15, 0.2) is 0 Å². The highest BCUT2D eigenvalue weighted by atomic mass is 16.2. The summed E-state index contributed by atoms with van der Waals surface area (Å²) < 4.78 is 0. The summed E-state index contributed by atoms with van der Waals surface area (Å²) in [6.07, 6.45) is 0.681. The molecule has 1 aliphatic rings. The fourth-order valence-corrected chi connectivity index (χ4v) is 2.08. The van der Waals surface area contributed by atoms with Crippen molar-refractivity contribution in [1.82, 2.24) is 9.80 Å². The van der Waals surface area contributed by atoms with Crippen molar-refractivity contribution in [3.05, 3.63) is 0 Å². The van der Waals surface area contributed by atoms with Crippen molar-refractivity contribution in [2.24, 2.45) is 5.73 Å². The molecule has 16 heavy (non-hydrogen) atoms. The van der Waals surface area contributed by atoms with E-state index in [1.807, 2.05) is 18.7 Å². The Kier molecular flexibility index (Phi) is 3.97. The molecule has 4 heteroatoms. The van der Waals surface area contributed by atoms with Gasteiger partial charge in [-0.1, -0.05) is 6.92 Å². The van der Waals surface area contributed by atoms with Gasteiger partial charge in [0.1, 0.15) is 0 Å². The van der Waals surface area contributed by atoms with Crippen LogP contribution in [-0.4, -0.2) is 53.5 Å². The largest absolute Gasteiger partial charge is 0.338 e. The Morgan fingerprint density at radius 2 is 1.81 bits per heavy atom. The molecular formula is C12H25N3O. The predicted molar refractivity (Wildman–Crippen MR) is 66.2 cm³/mol. The Labute approximate surface area is 98.8 Å². The minimum absolute atomic E-state index is 0.0850. The Morgan fingerprint density at radius 1 is 1.38 bits per heavy atom. The second-order valence-corrected chi connectivity index (χ2v) is 5.34. The number of likely N-dealkylation sites (N-methyl/N-ethyl adjacent to an activating group) is 1. The molecule has 1 fully saturated rings. The second kappa shape index (κ2) is 4.72. The number of carbonyl (C=O) groups is 1. The zero-order valence-electron chi connectivity index (χ0n) is 11.2. The number of hydrogen-bond acceptors (Lipinski definition) is 3. The summed E-state index contributed by atoms with van der Waals surface area (Å²) in [5, 5.41) is 0. The van der Waals surface area contributed by atoms with Crippen LogP contribution in [0.2, 0.25) is 0 Å². The third-order valence-electron chi connectivity index (χ3n) is 3.87. The van der Waals surface area contributed by atoms with Gasteiger partial charge < -0.3 is 10.6 Å². The Balaban J connectivity index is 2.72. The lowest BCUT2D eigenvalue weighted by Crippen LogP contribution is -2.62. The Bertz CT molecular complexity index is 253. The predicted octanol–water partition coefficient (Wildman–Crippen LogP) is 0.665.